The van der Waals surface area contributed by atoms with Crippen LogP contribution in [0.2, 0.25) is 0 Å². The minimum absolute atomic E-state index is 0.00901. The van der Waals surface area contributed by atoms with Crippen molar-refractivity contribution in [3.8, 4) is 0 Å². The third kappa shape index (κ3) is 6.41. The molecular formula is C27H34N4O5. The molecule has 36 heavy (non-hydrogen) atoms. The molecule has 1 aromatic heterocycles. The van der Waals surface area contributed by atoms with E-state index in [4.69, 9.17) is 10.5 Å². The zero-order chi connectivity index (χ0) is 26.1. The van der Waals surface area contributed by atoms with E-state index >= 15 is 0 Å². The van der Waals surface area contributed by atoms with Gasteiger partial charge in [0, 0.05) is 13.1 Å². The first kappa shape index (κ1) is 26.7. The van der Waals surface area contributed by atoms with Gasteiger partial charge in [-0.1, -0.05) is 75.6 Å². The second-order valence-corrected chi connectivity index (χ2v) is 8.73. The van der Waals surface area contributed by atoms with Crippen LogP contribution in [0.1, 0.15) is 51.5 Å². The van der Waals surface area contributed by atoms with Gasteiger partial charge >= 0.3 is 11.7 Å². The number of hydrogen-bond donors (Lipinski definition) is 2. The summed E-state index contributed by atoms with van der Waals surface area (Å²) in [5, 5.41) is 1.95. The van der Waals surface area contributed by atoms with Gasteiger partial charge in [0.1, 0.15) is 5.82 Å². The molecule has 3 aromatic rings. The van der Waals surface area contributed by atoms with E-state index in [1.54, 1.807) is 0 Å². The van der Waals surface area contributed by atoms with Crippen molar-refractivity contribution in [3.05, 3.63) is 68.9 Å². The number of fused-ring (bicyclic) bond motifs is 1. The van der Waals surface area contributed by atoms with Gasteiger partial charge in [0.05, 0.1) is 6.42 Å². The molecule has 0 saturated heterocycles. The highest BCUT2D eigenvalue weighted by molar-refractivity contribution is 5.97. The predicted molar refractivity (Wildman–Crippen MR) is 141 cm³/mol. The summed E-state index contributed by atoms with van der Waals surface area (Å²) in [5.41, 5.74) is 5.58. The zero-order valence-corrected chi connectivity index (χ0v) is 20.9. The van der Waals surface area contributed by atoms with Gasteiger partial charge in [0.25, 0.3) is 11.5 Å². The number of nitrogens with zero attached hydrogens (tertiary/aromatic N) is 2. The van der Waals surface area contributed by atoms with Crippen LogP contribution in [0.15, 0.2) is 52.1 Å². The molecule has 0 aliphatic heterocycles. The number of unbranched alkanes of at least 4 members (excludes halogenated alkanes) is 3. The Morgan fingerprint density at radius 2 is 1.72 bits per heavy atom. The topological polar surface area (TPSA) is 127 Å². The van der Waals surface area contributed by atoms with E-state index in [-0.39, 0.29) is 24.5 Å². The van der Waals surface area contributed by atoms with E-state index in [9.17, 15) is 19.2 Å². The largest absolute Gasteiger partial charge is 0.455 e. The van der Waals surface area contributed by atoms with Crippen molar-refractivity contribution in [1.29, 1.82) is 0 Å². The Morgan fingerprint density at radius 3 is 2.47 bits per heavy atom. The average Bonchev–Trinajstić information content (AvgIpc) is 2.86. The Labute approximate surface area is 209 Å². The molecular weight excluding hydrogens is 460 g/mol. The maximum absolute atomic E-state index is 13.2. The van der Waals surface area contributed by atoms with E-state index in [1.807, 2.05) is 56.3 Å². The summed E-state index contributed by atoms with van der Waals surface area (Å²) in [6, 6.07) is 13.4. The van der Waals surface area contributed by atoms with Crippen LogP contribution in [0.25, 0.3) is 10.8 Å². The molecule has 0 aliphatic carbocycles. The zero-order valence-electron chi connectivity index (χ0n) is 20.9. The Bertz CT molecular complexity index is 1320. The number of carbonyl (C=O) groups excluding carboxylic acids is 2. The number of nitrogens with one attached hydrogen (secondary N) is 1. The van der Waals surface area contributed by atoms with Gasteiger partial charge in [0.2, 0.25) is 0 Å². The lowest BCUT2D eigenvalue weighted by Crippen LogP contribution is -2.43. The Balaban J connectivity index is 1.79. The Kier molecular flexibility index (Phi) is 9.44. The van der Waals surface area contributed by atoms with Gasteiger partial charge in [-0.25, -0.2) is 4.79 Å². The van der Waals surface area contributed by atoms with Crippen molar-refractivity contribution in [2.45, 2.75) is 58.9 Å². The highest BCUT2D eigenvalue weighted by atomic mass is 16.5. The summed E-state index contributed by atoms with van der Waals surface area (Å²) in [6.07, 6.45) is 3.88. The van der Waals surface area contributed by atoms with Crippen molar-refractivity contribution in [3.63, 3.8) is 0 Å². The fourth-order valence-corrected chi connectivity index (χ4v) is 4.13. The SMILES string of the molecule is CCCCCN(C(=O)COC(=O)Cc1cccc2ccccc12)c1c(N)n(CCCC)c(=O)[nH]c1=O. The fraction of sp³-hybridized carbons (Fsp3) is 0.407. The lowest BCUT2D eigenvalue weighted by atomic mass is 10.0. The maximum atomic E-state index is 13.2. The molecule has 192 valence electrons. The molecule has 0 unspecified atom stereocenters. The van der Waals surface area contributed by atoms with Crippen molar-refractivity contribution >= 4 is 34.2 Å². The maximum Gasteiger partial charge on any atom is 0.330 e. The van der Waals surface area contributed by atoms with Gasteiger partial charge in [-0.3, -0.25) is 23.9 Å². The van der Waals surface area contributed by atoms with Crippen LogP contribution in [-0.2, 0) is 27.3 Å². The lowest BCUT2D eigenvalue weighted by molar-refractivity contribution is -0.147. The second kappa shape index (κ2) is 12.7. The highest BCUT2D eigenvalue weighted by Crippen LogP contribution is 2.20. The molecule has 9 nitrogen and oxygen atoms in total. The average molecular weight is 495 g/mol. The van der Waals surface area contributed by atoms with Crippen LogP contribution in [0.5, 0.6) is 0 Å². The summed E-state index contributed by atoms with van der Waals surface area (Å²) >= 11 is 0. The molecule has 0 radical (unpaired) electrons. The third-order valence-electron chi connectivity index (χ3n) is 6.08. The van der Waals surface area contributed by atoms with E-state index in [1.165, 1.54) is 9.47 Å². The molecule has 1 amide bonds. The van der Waals surface area contributed by atoms with Gasteiger partial charge in [-0.2, -0.15) is 0 Å². The van der Waals surface area contributed by atoms with E-state index in [0.29, 0.717) is 19.4 Å². The smallest absolute Gasteiger partial charge is 0.330 e. The number of esters is 1. The molecule has 0 spiro atoms. The number of amides is 1. The fourth-order valence-electron chi connectivity index (χ4n) is 4.13. The van der Waals surface area contributed by atoms with Crippen LogP contribution < -0.4 is 21.9 Å². The number of ether oxygens (including phenoxy) is 1. The first-order valence-corrected chi connectivity index (χ1v) is 12.4. The molecule has 1 heterocycles. The number of rotatable bonds is 12. The van der Waals surface area contributed by atoms with Crippen molar-refractivity contribution in [1.82, 2.24) is 9.55 Å². The lowest BCUT2D eigenvalue weighted by Gasteiger charge is -2.24. The molecule has 2 aromatic carbocycles. The monoisotopic (exact) mass is 494 g/mol. The van der Waals surface area contributed by atoms with Crippen molar-refractivity contribution in [2.24, 2.45) is 0 Å². The predicted octanol–water partition coefficient (Wildman–Crippen LogP) is 3.38. The highest BCUT2D eigenvalue weighted by Gasteiger charge is 2.25. The molecule has 0 saturated carbocycles. The van der Waals surface area contributed by atoms with Crippen molar-refractivity contribution in [2.75, 3.05) is 23.8 Å². The van der Waals surface area contributed by atoms with Gasteiger partial charge in [0.15, 0.2) is 12.3 Å². The summed E-state index contributed by atoms with van der Waals surface area (Å²) in [5.74, 6) is -1.19. The number of hydrogen-bond acceptors (Lipinski definition) is 6. The minimum Gasteiger partial charge on any atom is -0.455 e. The normalized spacial score (nSPS) is 10.9. The number of H-pyrrole nitrogens is 1. The standard InChI is InChI=1S/C27H34N4O5/c1-3-5-9-16-30(24-25(28)31(15-6-4-2)27(35)29-26(24)34)22(32)18-36-23(33)17-20-13-10-12-19-11-7-8-14-21(19)20/h7-8,10-14H,3-6,9,15-18,28H2,1-2H3,(H,29,34,35). The number of carbonyl (C=O) groups is 2. The number of aromatic nitrogens is 2. The summed E-state index contributed by atoms with van der Waals surface area (Å²) in [4.78, 5) is 54.3. The Morgan fingerprint density at radius 1 is 1.00 bits per heavy atom. The third-order valence-corrected chi connectivity index (χ3v) is 6.08. The van der Waals surface area contributed by atoms with Gasteiger partial charge in [-0.05, 0) is 29.2 Å². The molecule has 0 bridgehead atoms. The molecule has 3 rings (SSSR count). The number of aromatic amines is 1. The number of nitrogen functional groups attached to an aromatic ring is 1. The van der Waals surface area contributed by atoms with Crippen LogP contribution >= 0.6 is 0 Å². The first-order valence-electron chi connectivity index (χ1n) is 12.4. The first-order chi connectivity index (χ1) is 17.4. The molecule has 3 N–H and O–H groups in total. The number of anilines is 2. The second-order valence-electron chi connectivity index (χ2n) is 8.73. The van der Waals surface area contributed by atoms with Crippen LogP contribution in [0, 0.1) is 0 Å². The van der Waals surface area contributed by atoms with E-state index < -0.39 is 29.7 Å². The van der Waals surface area contributed by atoms with E-state index in [2.05, 4.69) is 4.98 Å². The molecule has 0 aliphatic rings. The minimum atomic E-state index is -0.739. The summed E-state index contributed by atoms with van der Waals surface area (Å²) < 4.78 is 6.58. The Hall–Kier alpha value is -3.88. The summed E-state index contributed by atoms with van der Waals surface area (Å²) in [7, 11) is 0. The number of benzene rings is 2. The van der Waals surface area contributed by atoms with Crippen molar-refractivity contribution < 1.29 is 14.3 Å². The van der Waals surface area contributed by atoms with E-state index in [0.717, 1.165) is 35.6 Å². The molecule has 0 fully saturated rings. The van der Waals surface area contributed by atoms with Crippen LogP contribution in [0.3, 0.4) is 0 Å². The van der Waals surface area contributed by atoms with Crippen LogP contribution in [-0.4, -0.2) is 34.6 Å². The molecule has 0 atom stereocenters. The van der Waals surface area contributed by atoms with Gasteiger partial charge in [-0.15, -0.1) is 0 Å². The van der Waals surface area contributed by atoms with Gasteiger partial charge < -0.3 is 15.4 Å². The summed E-state index contributed by atoms with van der Waals surface area (Å²) in [6.45, 7) is 3.99. The number of nitrogens with two attached hydrogens (primary N) is 1. The van der Waals surface area contributed by atoms with Crippen LogP contribution in [0.4, 0.5) is 11.5 Å². The molecule has 9 heteroatoms. The quantitative estimate of drug-likeness (QED) is 0.293.